The summed E-state index contributed by atoms with van der Waals surface area (Å²) < 4.78 is 17.3. The van der Waals surface area contributed by atoms with E-state index in [0.29, 0.717) is 18.4 Å². The van der Waals surface area contributed by atoms with E-state index in [4.69, 9.17) is 19.0 Å². The summed E-state index contributed by atoms with van der Waals surface area (Å²) in [6.45, 7) is 5.76. The molecule has 142 valence electrons. The van der Waals surface area contributed by atoms with Crippen LogP contribution in [0.25, 0.3) is 0 Å². The van der Waals surface area contributed by atoms with Crippen molar-refractivity contribution < 1.29 is 23.8 Å². The van der Waals surface area contributed by atoms with Crippen molar-refractivity contribution in [2.45, 2.75) is 51.5 Å². The number of amidine groups is 1. The van der Waals surface area contributed by atoms with Gasteiger partial charge in [-0.1, -0.05) is 42.1 Å². The Morgan fingerprint density at radius 1 is 1.38 bits per heavy atom. The van der Waals surface area contributed by atoms with Gasteiger partial charge < -0.3 is 14.2 Å². The van der Waals surface area contributed by atoms with E-state index in [1.165, 1.54) is 18.7 Å². The predicted molar refractivity (Wildman–Crippen MR) is 98.3 cm³/mol. The molecule has 0 spiro atoms. The number of benzene rings is 1. The Morgan fingerprint density at radius 3 is 2.77 bits per heavy atom. The van der Waals surface area contributed by atoms with E-state index in [1.54, 1.807) is 5.06 Å². The Bertz CT molecular complexity index is 667. The summed E-state index contributed by atoms with van der Waals surface area (Å²) in [5, 5.41) is 2.17. The Hall–Kier alpha value is -1.61. The number of carbonyl (C=O) groups excluding carboxylic acids is 1. The zero-order valence-corrected chi connectivity index (χ0v) is 16.2. The van der Waals surface area contributed by atoms with E-state index in [0.717, 1.165) is 5.56 Å². The highest BCUT2D eigenvalue weighted by Crippen LogP contribution is 2.33. The molecule has 0 amide bonds. The molecule has 0 saturated carbocycles. The molecule has 0 aliphatic carbocycles. The first-order valence-electron chi connectivity index (χ1n) is 8.46. The molecule has 1 aromatic carbocycles. The quantitative estimate of drug-likeness (QED) is 0.744. The lowest BCUT2D eigenvalue weighted by Crippen LogP contribution is -2.62. The summed E-state index contributed by atoms with van der Waals surface area (Å²) in [7, 11) is 0. The first kappa shape index (κ1) is 19.2. The second-order valence-electron chi connectivity index (χ2n) is 6.56. The van der Waals surface area contributed by atoms with E-state index in [9.17, 15) is 4.79 Å². The van der Waals surface area contributed by atoms with Gasteiger partial charge in [0.25, 0.3) is 0 Å². The van der Waals surface area contributed by atoms with Crippen LogP contribution >= 0.6 is 11.8 Å². The lowest BCUT2D eigenvalue weighted by atomic mass is 10.1. The van der Waals surface area contributed by atoms with Crippen molar-refractivity contribution in [2.75, 3.05) is 12.9 Å². The molecule has 1 fully saturated rings. The Morgan fingerprint density at radius 2 is 2.12 bits per heavy atom. The molecule has 1 aromatic rings. The van der Waals surface area contributed by atoms with Crippen molar-refractivity contribution >= 4 is 22.9 Å². The topological polar surface area (TPSA) is 69.6 Å². The molecular formula is C18H24N2O5S. The Balaban J connectivity index is 1.86. The molecule has 0 bridgehead atoms. The van der Waals surface area contributed by atoms with Crippen molar-refractivity contribution in [2.24, 2.45) is 4.99 Å². The zero-order chi connectivity index (χ0) is 18.7. The first-order valence-corrected chi connectivity index (χ1v) is 9.69. The van der Waals surface area contributed by atoms with Crippen LogP contribution in [0.4, 0.5) is 0 Å². The molecule has 2 aliphatic rings. The van der Waals surface area contributed by atoms with Crippen molar-refractivity contribution in [3.8, 4) is 0 Å². The highest BCUT2D eigenvalue weighted by atomic mass is 32.2. The second-order valence-corrected chi connectivity index (χ2v) is 7.33. The number of rotatable bonds is 4. The summed E-state index contributed by atoms with van der Waals surface area (Å²) in [6.07, 6.45) is 0.691. The van der Waals surface area contributed by atoms with Crippen molar-refractivity contribution in [3.63, 3.8) is 0 Å². The molecule has 0 aromatic heterocycles. The molecule has 3 atom stereocenters. The van der Waals surface area contributed by atoms with Crippen LogP contribution in [0.15, 0.2) is 35.3 Å². The van der Waals surface area contributed by atoms with E-state index in [1.807, 2.05) is 50.4 Å². The minimum Gasteiger partial charge on any atom is -0.436 e. The number of hydrogen-bond donors (Lipinski definition) is 0. The van der Waals surface area contributed by atoms with E-state index in [-0.39, 0.29) is 6.04 Å². The molecule has 0 N–H and O–H groups in total. The maximum absolute atomic E-state index is 11.7. The van der Waals surface area contributed by atoms with Crippen LogP contribution in [-0.4, -0.2) is 53.2 Å². The third-order valence-electron chi connectivity index (χ3n) is 4.06. The van der Waals surface area contributed by atoms with Crippen LogP contribution in [-0.2, 0) is 30.4 Å². The summed E-state index contributed by atoms with van der Waals surface area (Å²) in [5.41, 5.74) is 1.00. The second kappa shape index (κ2) is 7.96. The SMILES string of the molecule is CSC1=N[C@@H]2COC(C)(C)O[C@@H]2[C@@H](OC(C)=O)N1OCc1ccccc1. The van der Waals surface area contributed by atoms with Crippen molar-refractivity contribution in [1.29, 1.82) is 0 Å². The van der Waals surface area contributed by atoms with Crippen LogP contribution in [0.2, 0.25) is 0 Å². The summed E-state index contributed by atoms with van der Waals surface area (Å²) >= 11 is 1.42. The molecule has 0 unspecified atom stereocenters. The zero-order valence-electron chi connectivity index (χ0n) is 15.4. The minimum atomic E-state index is -0.781. The van der Waals surface area contributed by atoms with Crippen molar-refractivity contribution in [1.82, 2.24) is 5.06 Å². The first-order chi connectivity index (χ1) is 12.4. The molecule has 2 aliphatic heterocycles. The Kier molecular flexibility index (Phi) is 5.86. The maximum atomic E-state index is 11.7. The monoisotopic (exact) mass is 380 g/mol. The van der Waals surface area contributed by atoms with Gasteiger partial charge in [-0.3, -0.25) is 14.6 Å². The van der Waals surface area contributed by atoms with E-state index in [2.05, 4.69) is 4.99 Å². The molecular weight excluding hydrogens is 356 g/mol. The summed E-state index contributed by atoms with van der Waals surface area (Å²) in [4.78, 5) is 22.4. The van der Waals surface area contributed by atoms with Crippen LogP contribution in [0.3, 0.4) is 0 Å². The maximum Gasteiger partial charge on any atom is 0.304 e. The predicted octanol–water partition coefficient (Wildman–Crippen LogP) is 2.56. The third-order valence-corrected chi connectivity index (χ3v) is 4.71. The van der Waals surface area contributed by atoms with Gasteiger partial charge in [-0.05, 0) is 25.7 Å². The van der Waals surface area contributed by atoms with Crippen LogP contribution in [0.1, 0.15) is 26.3 Å². The number of aliphatic imine (C=N–C) groups is 1. The highest BCUT2D eigenvalue weighted by Gasteiger charge is 2.49. The van der Waals surface area contributed by atoms with Gasteiger partial charge in [-0.15, -0.1) is 0 Å². The van der Waals surface area contributed by atoms with Crippen LogP contribution < -0.4 is 0 Å². The smallest absolute Gasteiger partial charge is 0.304 e. The molecule has 3 rings (SSSR count). The van der Waals surface area contributed by atoms with Gasteiger partial charge in [0.1, 0.15) is 18.8 Å². The summed E-state index contributed by atoms with van der Waals surface area (Å²) in [5.74, 6) is -1.19. The van der Waals surface area contributed by atoms with Crippen LogP contribution in [0, 0.1) is 0 Å². The highest BCUT2D eigenvalue weighted by molar-refractivity contribution is 8.13. The van der Waals surface area contributed by atoms with Gasteiger partial charge in [-0.2, -0.15) is 5.06 Å². The van der Waals surface area contributed by atoms with Gasteiger partial charge >= 0.3 is 5.97 Å². The molecule has 7 nitrogen and oxygen atoms in total. The lowest BCUT2D eigenvalue weighted by molar-refractivity contribution is -0.330. The third kappa shape index (κ3) is 4.37. The standard InChI is InChI=1S/C18H24N2O5S/c1-12(21)24-16-15-14(11-22-18(2,3)25-15)19-17(26-4)20(16)23-10-13-8-6-5-7-9-13/h5-9,14-16H,10-11H2,1-4H3/t14-,15+,16-/m1/s1. The number of esters is 1. The van der Waals surface area contributed by atoms with Gasteiger partial charge in [0.2, 0.25) is 6.23 Å². The number of ether oxygens (including phenoxy) is 3. The molecule has 0 radical (unpaired) electrons. The number of carbonyl (C=O) groups is 1. The molecule has 26 heavy (non-hydrogen) atoms. The van der Waals surface area contributed by atoms with E-state index < -0.39 is 24.1 Å². The van der Waals surface area contributed by atoms with Gasteiger partial charge in [0.15, 0.2) is 11.0 Å². The number of nitrogens with zero attached hydrogens (tertiary/aromatic N) is 2. The normalized spacial score (nSPS) is 27.5. The Labute approximate surface area is 157 Å². The fourth-order valence-electron chi connectivity index (χ4n) is 2.90. The number of hydrogen-bond acceptors (Lipinski definition) is 8. The molecule has 2 heterocycles. The molecule has 1 saturated heterocycles. The average molecular weight is 380 g/mol. The number of thioether (sulfide) groups is 1. The van der Waals surface area contributed by atoms with Gasteiger partial charge in [-0.25, -0.2) is 0 Å². The van der Waals surface area contributed by atoms with E-state index >= 15 is 0 Å². The lowest BCUT2D eigenvalue weighted by Gasteiger charge is -2.47. The largest absolute Gasteiger partial charge is 0.436 e. The summed E-state index contributed by atoms with van der Waals surface area (Å²) in [6, 6.07) is 9.52. The minimum absolute atomic E-state index is 0.258. The molecule has 8 heteroatoms. The average Bonchev–Trinajstić information content (AvgIpc) is 2.60. The van der Waals surface area contributed by atoms with Crippen molar-refractivity contribution in [3.05, 3.63) is 35.9 Å². The van der Waals surface area contributed by atoms with Crippen LogP contribution in [0.5, 0.6) is 0 Å². The van der Waals surface area contributed by atoms with Gasteiger partial charge in [0, 0.05) is 6.92 Å². The number of hydroxylamine groups is 2. The fourth-order valence-corrected chi connectivity index (χ4v) is 3.47. The van der Waals surface area contributed by atoms with Gasteiger partial charge in [0.05, 0.1) is 6.61 Å². The number of fused-ring (bicyclic) bond motifs is 1. The fraction of sp³-hybridized carbons (Fsp3) is 0.556.